The van der Waals surface area contributed by atoms with Gasteiger partial charge in [0.15, 0.2) is 0 Å². The average Bonchev–Trinajstić information content (AvgIpc) is 2.90. The van der Waals surface area contributed by atoms with E-state index in [-0.39, 0.29) is 5.91 Å². The van der Waals surface area contributed by atoms with Gasteiger partial charge in [-0.2, -0.15) is 5.26 Å². The summed E-state index contributed by atoms with van der Waals surface area (Å²) in [6.07, 6.45) is 4.11. The van der Waals surface area contributed by atoms with E-state index in [1.807, 2.05) is 0 Å². The molecular formula is C11H14N4O2. The van der Waals surface area contributed by atoms with Gasteiger partial charge in [-0.05, 0) is 12.8 Å². The van der Waals surface area contributed by atoms with E-state index in [1.165, 1.54) is 0 Å². The third kappa shape index (κ3) is 2.45. The molecule has 0 aromatic carbocycles. The maximum Gasteiger partial charge on any atom is 0.240 e. The van der Waals surface area contributed by atoms with Crippen molar-refractivity contribution in [1.29, 1.82) is 5.26 Å². The molecule has 6 heteroatoms. The molecule has 1 aromatic rings. The van der Waals surface area contributed by atoms with E-state index < -0.39 is 5.41 Å². The number of nitrogens with one attached hydrogen (secondary N) is 2. The first-order chi connectivity index (χ1) is 8.27. The fraction of sp³-hybridized carbons (Fsp3) is 0.545. The van der Waals surface area contributed by atoms with Crippen molar-refractivity contribution in [2.75, 3.05) is 13.2 Å². The predicted molar refractivity (Wildman–Crippen MR) is 58.5 cm³/mol. The molecular weight excluding hydrogens is 220 g/mol. The zero-order valence-corrected chi connectivity index (χ0v) is 9.40. The first-order valence-electron chi connectivity index (χ1n) is 5.51. The first kappa shape index (κ1) is 11.6. The van der Waals surface area contributed by atoms with Crippen molar-refractivity contribution in [3.63, 3.8) is 0 Å². The number of amides is 1. The van der Waals surface area contributed by atoms with Crippen LogP contribution in [0.3, 0.4) is 0 Å². The number of rotatable bonds is 3. The quantitative estimate of drug-likeness (QED) is 0.789. The van der Waals surface area contributed by atoms with E-state index in [9.17, 15) is 10.1 Å². The molecule has 6 nitrogen and oxygen atoms in total. The molecule has 0 atom stereocenters. The van der Waals surface area contributed by atoms with Gasteiger partial charge in [0.1, 0.15) is 5.41 Å². The van der Waals surface area contributed by atoms with E-state index in [4.69, 9.17) is 4.74 Å². The molecule has 0 radical (unpaired) electrons. The fourth-order valence-corrected chi connectivity index (χ4v) is 1.84. The number of ether oxygens (including phenoxy) is 1. The summed E-state index contributed by atoms with van der Waals surface area (Å²) >= 11 is 0. The van der Waals surface area contributed by atoms with Crippen LogP contribution in [0.5, 0.6) is 0 Å². The summed E-state index contributed by atoms with van der Waals surface area (Å²) in [7, 11) is 0. The van der Waals surface area contributed by atoms with Gasteiger partial charge in [-0.3, -0.25) is 4.79 Å². The van der Waals surface area contributed by atoms with Crippen LogP contribution in [-0.4, -0.2) is 29.1 Å². The van der Waals surface area contributed by atoms with Crippen LogP contribution in [0.25, 0.3) is 0 Å². The number of hydrogen-bond acceptors (Lipinski definition) is 4. The molecule has 90 valence electrons. The number of carbonyl (C=O) groups excluding carboxylic acids is 1. The molecule has 1 aliphatic rings. The van der Waals surface area contributed by atoms with E-state index in [0.29, 0.717) is 32.6 Å². The maximum absolute atomic E-state index is 12.0. The number of aromatic nitrogens is 2. The highest BCUT2D eigenvalue weighted by molar-refractivity contribution is 5.85. The second-order valence-corrected chi connectivity index (χ2v) is 4.07. The summed E-state index contributed by atoms with van der Waals surface area (Å²) in [5.74, 6) is -0.224. The minimum Gasteiger partial charge on any atom is -0.381 e. The molecule has 1 aromatic heterocycles. The van der Waals surface area contributed by atoms with Crippen molar-refractivity contribution in [3.05, 3.63) is 18.2 Å². The normalized spacial score (nSPS) is 18.3. The van der Waals surface area contributed by atoms with Crippen molar-refractivity contribution in [2.45, 2.75) is 19.4 Å². The molecule has 0 spiro atoms. The van der Waals surface area contributed by atoms with E-state index in [1.54, 1.807) is 12.5 Å². The number of H-pyrrole nitrogens is 1. The summed E-state index contributed by atoms with van der Waals surface area (Å²) < 4.78 is 5.18. The molecule has 0 aliphatic carbocycles. The maximum atomic E-state index is 12.0. The highest BCUT2D eigenvalue weighted by Crippen LogP contribution is 2.29. The molecule has 1 fully saturated rings. The molecule has 1 amide bonds. The van der Waals surface area contributed by atoms with E-state index in [0.717, 1.165) is 5.69 Å². The zero-order chi connectivity index (χ0) is 12.1. The summed E-state index contributed by atoms with van der Waals surface area (Å²) in [4.78, 5) is 18.8. The molecule has 2 heterocycles. The second-order valence-electron chi connectivity index (χ2n) is 4.07. The van der Waals surface area contributed by atoms with Gasteiger partial charge in [-0.1, -0.05) is 0 Å². The van der Waals surface area contributed by atoms with Crippen LogP contribution in [0.2, 0.25) is 0 Å². The lowest BCUT2D eigenvalue weighted by molar-refractivity contribution is -0.132. The molecule has 0 bridgehead atoms. The second kappa shape index (κ2) is 4.97. The molecule has 0 unspecified atom stereocenters. The van der Waals surface area contributed by atoms with Crippen LogP contribution < -0.4 is 5.32 Å². The number of carbonyl (C=O) groups is 1. The lowest BCUT2D eigenvalue weighted by atomic mass is 9.81. The monoisotopic (exact) mass is 234 g/mol. The molecule has 1 aliphatic heterocycles. The zero-order valence-electron chi connectivity index (χ0n) is 9.40. The standard InChI is InChI=1S/C11H14N4O2/c12-7-11(1-3-17-4-2-11)10(16)14-6-9-5-13-8-15-9/h5,8H,1-4,6H2,(H,13,15)(H,14,16). The third-order valence-electron chi connectivity index (χ3n) is 2.99. The van der Waals surface area contributed by atoms with E-state index in [2.05, 4.69) is 21.4 Å². The smallest absolute Gasteiger partial charge is 0.240 e. The number of aromatic amines is 1. The predicted octanol–water partition coefficient (Wildman–Crippen LogP) is 0.346. The highest BCUT2D eigenvalue weighted by atomic mass is 16.5. The fourth-order valence-electron chi connectivity index (χ4n) is 1.84. The Morgan fingerprint density at radius 2 is 2.41 bits per heavy atom. The van der Waals surface area contributed by atoms with Crippen molar-refractivity contribution in [1.82, 2.24) is 15.3 Å². The number of imidazole rings is 1. The van der Waals surface area contributed by atoms with Gasteiger partial charge >= 0.3 is 0 Å². The summed E-state index contributed by atoms with van der Waals surface area (Å²) in [6, 6.07) is 2.13. The van der Waals surface area contributed by atoms with Crippen LogP contribution in [-0.2, 0) is 16.1 Å². The third-order valence-corrected chi connectivity index (χ3v) is 2.99. The molecule has 2 rings (SSSR count). The first-order valence-corrected chi connectivity index (χ1v) is 5.51. The highest BCUT2D eigenvalue weighted by Gasteiger charge is 2.40. The largest absolute Gasteiger partial charge is 0.381 e. The Kier molecular flexibility index (Phi) is 3.40. The molecule has 17 heavy (non-hydrogen) atoms. The Morgan fingerprint density at radius 3 is 3.00 bits per heavy atom. The molecule has 0 saturated carbocycles. The Morgan fingerprint density at radius 1 is 1.65 bits per heavy atom. The number of nitriles is 1. The van der Waals surface area contributed by atoms with Gasteiger partial charge in [-0.25, -0.2) is 4.98 Å². The summed E-state index contributed by atoms with van der Waals surface area (Å²) in [5, 5.41) is 11.9. The Bertz CT molecular complexity index is 415. The Balaban J connectivity index is 1.96. The van der Waals surface area contributed by atoms with Gasteiger partial charge in [0, 0.05) is 19.4 Å². The van der Waals surface area contributed by atoms with Crippen LogP contribution in [0.4, 0.5) is 0 Å². The Hall–Kier alpha value is -1.87. The Labute approximate surface area is 99.0 Å². The lowest BCUT2D eigenvalue weighted by Crippen LogP contribution is -2.43. The molecule has 2 N–H and O–H groups in total. The van der Waals surface area contributed by atoms with Crippen LogP contribution in [0, 0.1) is 16.7 Å². The van der Waals surface area contributed by atoms with Gasteiger partial charge in [-0.15, -0.1) is 0 Å². The van der Waals surface area contributed by atoms with Crippen molar-refractivity contribution >= 4 is 5.91 Å². The van der Waals surface area contributed by atoms with Crippen molar-refractivity contribution < 1.29 is 9.53 Å². The van der Waals surface area contributed by atoms with Gasteiger partial charge in [0.2, 0.25) is 5.91 Å². The lowest BCUT2D eigenvalue weighted by Gasteiger charge is -2.29. The van der Waals surface area contributed by atoms with Crippen LogP contribution in [0.15, 0.2) is 12.5 Å². The van der Waals surface area contributed by atoms with Gasteiger partial charge < -0.3 is 15.0 Å². The van der Waals surface area contributed by atoms with Gasteiger partial charge in [0.25, 0.3) is 0 Å². The summed E-state index contributed by atoms with van der Waals surface area (Å²) in [6.45, 7) is 1.29. The van der Waals surface area contributed by atoms with Crippen molar-refractivity contribution in [2.24, 2.45) is 5.41 Å². The summed E-state index contributed by atoms with van der Waals surface area (Å²) in [5.41, 5.74) is -0.114. The minimum atomic E-state index is -0.932. The van der Waals surface area contributed by atoms with Crippen LogP contribution >= 0.6 is 0 Å². The minimum absolute atomic E-state index is 0.224. The SMILES string of the molecule is N#CC1(C(=O)NCc2cnc[nH]2)CCOCC1. The van der Waals surface area contributed by atoms with Crippen molar-refractivity contribution in [3.8, 4) is 6.07 Å². The molecule has 1 saturated heterocycles. The van der Waals surface area contributed by atoms with Crippen LogP contribution in [0.1, 0.15) is 18.5 Å². The number of nitrogens with zero attached hydrogens (tertiary/aromatic N) is 2. The average molecular weight is 234 g/mol. The van der Waals surface area contributed by atoms with Gasteiger partial charge in [0.05, 0.1) is 24.6 Å². The topological polar surface area (TPSA) is 90.8 Å². The number of hydrogen-bond donors (Lipinski definition) is 2. The van der Waals surface area contributed by atoms with E-state index >= 15 is 0 Å².